The number of hydrogen-bond acceptors (Lipinski definition) is 6. The van der Waals surface area contributed by atoms with E-state index >= 15 is 0 Å². The smallest absolute Gasteiger partial charge is 0.306 e. The first-order valence-corrected chi connectivity index (χ1v) is 25.6. The van der Waals surface area contributed by atoms with Crippen LogP contribution in [0.1, 0.15) is 207 Å². The minimum Gasteiger partial charge on any atom is -0.462 e. The molecule has 1 atom stereocenters. The molecule has 0 aromatic rings. The highest BCUT2D eigenvalue weighted by Gasteiger charge is 2.19. The van der Waals surface area contributed by atoms with Gasteiger partial charge in [0.2, 0.25) is 0 Å². The van der Waals surface area contributed by atoms with Crippen LogP contribution in [0.4, 0.5) is 0 Å². The van der Waals surface area contributed by atoms with Gasteiger partial charge in [0.1, 0.15) is 13.2 Å². The molecule has 0 aliphatic rings. The first-order valence-electron chi connectivity index (χ1n) is 25.6. The molecule has 0 heterocycles. The third kappa shape index (κ3) is 48.8. The zero-order chi connectivity index (χ0) is 46.5. The Hall–Kier alpha value is -4.19. The maximum atomic E-state index is 12.8. The summed E-state index contributed by atoms with van der Waals surface area (Å²) in [5.41, 5.74) is 0. The summed E-state index contributed by atoms with van der Waals surface area (Å²) < 4.78 is 16.7. The maximum absolute atomic E-state index is 12.8. The first kappa shape index (κ1) is 59.8. The molecule has 6 heteroatoms. The second-order valence-corrected chi connectivity index (χ2v) is 16.5. The van der Waals surface area contributed by atoms with Crippen LogP contribution in [-0.4, -0.2) is 37.2 Å². The number of unbranched alkanes of at least 4 members (excludes halogenated alkanes) is 18. The Labute approximate surface area is 392 Å². The van der Waals surface area contributed by atoms with E-state index in [-0.39, 0.29) is 31.1 Å². The summed E-state index contributed by atoms with van der Waals surface area (Å²) in [6.45, 7) is 6.29. The van der Waals surface area contributed by atoms with E-state index in [1.54, 1.807) is 0 Å². The topological polar surface area (TPSA) is 78.9 Å². The molecule has 360 valence electrons. The Morgan fingerprint density at radius 3 is 1.17 bits per heavy atom. The summed E-state index contributed by atoms with van der Waals surface area (Å²) in [6.07, 6.45) is 70.3. The van der Waals surface area contributed by atoms with Crippen LogP contribution < -0.4 is 0 Å². The monoisotopic (exact) mass is 885 g/mol. The zero-order valence-electron chi connectivity index (χ0n) is 41.0. The molecule has 0 aromatic heterocycles. The van der Waals surface area contributed by atoms with Crippen molar-refractivity contribution in [3.8, 4) is 0 Å². The standard InChI is InChI=1S/C58H92O6/c1-4-7-10-13-16-19-22-25-27-29-31-33-36-39-42-45-48-51-57(60)63-54-55(53-62-56(59)50-47-44-41-38-35-32-24-21-18-15-12-9-6-3)64-58(61)52-49-46-43-40-37-34-30-28-26-23-20-17-14-11-8-5-2/h7-8,10-11,13,16-17,19-20,22,25-29,31-33,35-36,55H,4-6,9,12,14-15,18,21,23-24,30,34,37-54H2,1-3H3/b10-7-,11-8-,16-13-,20-17-,22-19-,27-25-,28-26-,31-29+,35-32-,36-33-. The molecule has 0 aliphatic heterocycles. The Morgan fingerprint density at radius 1 is 0.344 bits per heavy atom. The molecule has 0 fully saturated rings. The third-order valence-electron chi connectivity index (χ3n) is 10.3. The minimum atomic E-state index is -0.813. The number of hydrogen-bond donors (Lipinski definition) is 0. The second-order valence-electron chi connectivity index (χ2n) is 16.5. The van der Waals surface area contributed by atoms with Gasteiger partial charge in [-0.1, -0.05) is 213 Å². The lowest BCUT2D eigenvalue weighted by atomic mass is 10.1. The van der Waals surface area contributed by atoms with Gasteiger partial charge in [-0.25, -0.2) is 0 Å². The molecule has 1 unspecified atom stereocenters. The molecule has 64 heavy (non-hydrogen) atoms. The molecule has 0 bridgehead atoms. The molecular weight excluding hydrogens is 793 g/mol. The van der Waals surface area contributed by atoms with E-state index in [0.29, 0.717) is 19.3 Å². The summed E-state index contributed by atoms with van der Waals surface area (Å²) in [5.74, 6) is -0.990. The van der Waals surface area contributed by atoms with E-state index in [9.17, 15) is 14.4 Å². The van der Waals surface area contributed by atoms with E-state index in [2.05, 4.69) is 81.5 Å². The Morgan fingerprint density at radius 2 is 0.688 bits per heavy atom. The highest BCUT2D eigenvalue weighted by Crippen LogP contribution is 2.13. The molecule has 6 nitrogen and oxygen atoms in total. The van der Waals surface area contributed by atoms with Crippen molar-refractivity contribution in [3.05, 3.63) is 122 Å². The van der Waals surface area contributed by atoms with E-state index in [4.69, 9.17) is 14.2 Å². The van der Waals surface area contributed by atoms with Gasteiger partial charge >= 0.3 is 17.9 Å². The van der Waals surface area contributed by atoms with Crippen LogP contribution in [0.15, 0.2) is 122 Å². The van der Waals surface area contributed by atoms with Gasteiger partial charge in [-0.3, -0.25) is 14.4 Å². The summed E-state index contributed by atoms with van der Waals surface area (Å²) >= 11 is 0. The SMILES string of the molecule is CC\C=C/C=C\C=C/C=C\C=C\C=C/CCCCCC(=O)OCC(COC(=O)CCCCC/C=C\CCCCCCCC)OC(=O)CCCCCCCC/C=C\C/C=C\C/C=C\CC. The lowest BCUT2D eigenvalue weighted by Gasteiger charge is -2.18. The normalized spacial score (nSPS) is 13.1. The van der Waals surface area contributed by atoms with E-state index in [1.165, 1.54) is 51.4 Å². The lowest BCUT2D eigenvalue weighted by molar-refractivity contribution is -0.167. The summed E-state index contributed by atoms with van der Waals surface area (Å²) in [7, 11) is 0. The average molecular weight is 885 g/mol. The second kappa shape index (κ2) is 51.4. The Bertz CT molecular complexity index is 1390. The zero-order valence-corrected chi connectivity index (χ0v) is 41.0. The van der Waals surface area contributed by atoms with Gasteiger partial charge in [0.05, 0.1) is 0 Å². The summed E-state index contributed by atoms with van der Waals surface area (Å²) in [5, 5.41) is 0. The average Bonchev–Trinajstić information content (AvgIpc) is 3.29. The van der Waals surface area contributed by atoms with E-state index < -0.39 is 6.10 Å². The molecule has 0 amide bonds. The first-order chi connectivity index (χ1) is 31.5. The van der Waals surface area contributed by atoms with Crippen LogP contribution >= 0.6 is 0 Å². The van der Waals surface area contributed by atoms with Crippen LogP contribution in [0.3, 0.4) is 0 Å². The number of allylic oxidation sites excluding steroid dienone is 20. The number of carbonyl (C=O) groups is 3. The molecule has 0 aliphatic carbocycles. The Kier molecular flexibility index (Phi) is 48.1. The van der Waals surface area contributed by atoms with E-state index in [0.717, 1.165) is 116 Å². The highest BCUT2D eigenvalue weighted by atomic mass is 16.6. The van der Waals surface area contributed by atoms with Gasteiger partial charge < -0.3 is 14.2 Å². The number of esters is 3. The molecule has 0 aromatic carbocycles. The molecular formula is C58H92O6. The van der Waals surface area contributed by atoms with E-state index in [1.807, 2.05) is 60.8 Å². The van der Waals surface area contributed by atoms with Crippen LogP contribution in [0, 0.1) is 0 Å². The predicted molar refractivity (Wildman–Crippen MR) is 274 cm³/mol. The fourth-order valence-corrected chi connectivity index (χ4v) is 6.54. The van der Waals surface area contributed by atoms with Gasteiger partial charge in [0, 0.05) is 19.3 Å². The van der Waals surface area contributed by atoms with Crippen molar-refractivity contribution in [1.82, 2.24) is 0 Å². The van der Waals surface area contributed by atoms with Gasteiger partial charge in [0.25, 0.3) is 0 Å². The molecule has 0 N–H and O–H groups in total. The predicted octanol–water partition coefficient (Wildman–Crippen LogP) is 16.9. The van der Waals surface area contributed by atoms with Gasteiger partial charge in [-0.2, -0.15) is 0 Å². The fraction of sp³-hybridized carbons (Fsp3) is 0.603. The van der Waals surface area contributed by atoms with Crippen molar-refractivity contribution < 1.29 is 28.6 Å². The molecule has 0 radical (unpaired) electrons. The summed E-state index contributed by atoms with van der Waals surface area (Å²) in [6, 6.07) is 0. The van der Waals surface area contributed by atoms with Crippen molar-refractivity contribution >= 4 is 17.9 Å². The van der Waals surface area contributed by atoms with Crippen LogP contribution in [0.5, 0.6) is 0 Å². The molecule has 0 spiro atoms. The van der Waals surface area contributed by atoms with Crippen LogP contribution in [-0.2, 0) is 28.6 Å². The van der Waals surface area contributed by atoms with Gasteiger partial charge in [-0.05, 0) is 96.3 Å². The van der Waals surface area contributed by atoms with Crippen molar-refractivity contribution in [2.75, 3.05) is 13.2 Å². The third-order valence-corrected chi connectivity index (χ3v) is 10.3. The van der Waals surface area contributed by atoms with Gasteiger partial charge in [-0.15, -0.1) is 0 Å². The Balaban J connectivity index is 4.55. The van der Waals surface area contributed by atoms with Crippen LogP contribution in [0.25, 0.3) is 0 Å². The number of carbonyl (C=O) groups excluding carboxylic acids is 3. The fourth-order valence-electron chi connectivity index (χ4n) is 6.54. The molecule has 0 saturated heterocycles. The number of ether oxygens (including phenoxy) is 3. The van der Waals surface area contributed by atoms with Crippen LogP contribution in [0.2, 0.25) is 0 Å². The largest absolute Gasteiger partial charge is 0.462 e. The summed E-state index contributed by atoms with van der Waals surface area (Å²) in [4.78, 5) is 38.0. The van der Waals surface area contributed by atoms with Crippen molar-refractivity contribution in [3.63, 3.8) is 0 Å². The molecule has 0 saturated carbocycles. The highest BCUT2D eigenvalue weighted by molar-refractivity contribution is 5.71. The van der Waals surface area contributed by atoms with Crippen molar-refractivity contribution in [2.24, 2.45) is 0 Å². The lowest BCUT2D eigenvalue weighted by Crippen LogP contribution is -2.30. The minimum absolute atomic E-state index is 0.109. The van der Waals surface area contributed by atoms with Crippen molar-refractivity contribution in [2.45, 2.75) is 213 Å². The maximum Gasteiger partial charge on any atom is 0.306 e. The van der Waals surface area contributed by atoms with Crippen molar-refractivity contribution in [1.29, 1.82) is 0 Å². The number of rotatable bonds is 44. The molecule has 0 rings (SSSR count). The van der Waals surface area contributed by atoms with Gasteiger partial charge in [0.15, 0.2) is 6.10 Å². The quantitative estimate of drug-likeness (QED) is 0.0199.